The number of thiocarbonyl (C=S) groups is 1. The van der Waals surface area contributed by atoms with E-state index in [2.05, 4.69) is 34.7 Å². The first-order chi connectivity index (χ1) is 9.81. The summed E-state index contributed by atoms with van der Waals surface area (Å²) in [6, 6.07) is 14.3. The zero-order chi connectivity index (χ0) is 14.2. The highest BCUT2D eigenvalue weighted by Crippen LogP contribution is 2.21. The van der Waals surface area contributed by atoms with Crippen molar-refractivity contribution in [1.82, 2.24) is 15.6 Å². The first kappa shape index (κ1) is 14.5. The van der Waals surface area contributed by atoms with E-state index in [1.165, 1.54) is 5.56 Å². The first-order valence-electron chi connectivity index (χ1n) is 6.80. The molecule has 1 aromatic carbocycles. The van der Waals surface area contributed by atoms with Crippen molar-refractivity contribution in [3.05, 3.63) is 66.0 Å². The Kier molecular flexibility index (Phi) is 5.50. The molecule has 0 spiro atoms. The molecular formula is C16H19N3S. The standard InChI is InChI=1S/C16H19N3S/c1-2-10-18-16(20)19-15(13-6-4-3-5-7-13)14-8-11-17-12-9-14/h3-9,11-12,15H,2,10H2,1H3,(H2,18,19,20)/t15-/m1/s1. The van der Waals surface area contributed by atoms with Crippen LogP contribution >= 0.6 is 12.2 Å². The topological polar surface area (TPSA) is 37.0 Å². The molecule has 0 unspecified atom stereocenters. The minimum atomic E-state index is 0.0380. The molecule has 0 aliphatic carbocycles. The maximum absolute atomic E-state index is 5.36. The van der Waals surface area contributed by atoms with Gasteiger partial charge in [0.1, 0.15) is 0 Å². The number of aromatic nitrogens is 1. The third kappa shape index (κ3) is 4.03. The second-order valence-corrected chi connectivity index (χ2v) is 4.93. The monoisotopic (exact) mass is 285 g/mol. The fourth-order valence-corrected chi connectivity index (χ4v) is 2.20. The maximum atomic E-state index is 5.36. The van der Waals surface area contributed by atoms with Crippen molar-refractivity contribution in [3.8, 4) is 0 Å². The molecule has 1 atom stereocenters. The number of nitrogens with zero attached hydrogens (tertiary/aromatic N) is 1. The molecule has 2 aromatic rings. The lowest BCUT2D eigenvalue weighted by Crippen LogP contribution is -2.38. The molecule has 2 rings (SSSR count). The van der Waals surface area contributed by atoms with Crippen molar-refractivity contribution in [2.45, 2.75) is 19.4 Å². The summed E-state index contributed by atoms with van der Waals surface area (Å²) in [6.07, 6.45) is 4.65. The van der Waals surface area contributed by atoms with Crippen molar-refractivity contribution in [2.24, 2.45) is 0 Å². The Morgan fingerprint density at radius 2 is 1.75 bits per heavy atom. The van der Waals surface area contributed by atoms with Crippen molar-refractivity contribution in [3.63, 3.8) is 0 Å². The van der Waals surface area contributed by atoms with Crippen molar-refractivity contribution in [2.75, 3.05) is 6.54 Å². The highest BCUT2D eigenvalue weighted by Gasteiger charge is 2.14. The van der Waals surface area contributed by atoms with Crippen molar-refractivity contribution < 1.29 is 0 Å². The largest absolute Gasteiger partial charge is 0.363 e. The summed E-state index contributed by atoms with van der Waals surface area (Å²) in [4.78, 5) is 4.07. The van der Waals surface area contributed by atoms with Crippen LogP contribution in [0.3, 0.4) is 0 Å². The molecule has 0 fully saturated rings. The van der Waals surface area contributed by atoms with Crippen LogP contribution in [-0.4, -0.2) is 16.6 Å². The van der Waals surface area contributed by atoms with Gasteiger partial charge in [-0.1, -0.05) is 37.3 Å². The van der Waals surface area contributed by atoms with Gasteiger partial charge in [0.2, 0.25) is 0 Å². The smallest absolute Gasteiger partial charge is 0.167 e. The molecule has 1 aromatic heterocycles. The fourth-order valence-electron chi connectivity index (χ4n) is 1.98. The molecule has 20 heavy (non-hydrogen) atoms. The summed E-state index contributed by atoms with van der Waals surface area (Å²) in [5, 5.41) is 7.26. The molecule has 0 saturated heterocycles. The summed E-state index contributed by atoms with van der Waals surface area (Å²) >= 11 is 5.36. The molecule has 0 radical (unpaired) electrons. The van der Waals surface area contributed by atoms with Gasteiger partial charge in [-0.2, -0.15) is 0 Å². The van der Waals surface area contributed by atoms with Crippen LogP contribution in [0.5, 0.6) is 0 Å². The number of nitrogens with one attached hydrogen (secondary N) is 2. The molecular weight excluding hydrogens is 266 g/mol. The lowest BCUT2D eigenvalue weighted by atomic mass is 10.00. The van der Waals surface area contributed by atoms with Crippen LogP contribution in [0.2, 0.25) is 0 Å². The molecule has 2 N–H and O–H groups in total. The molecule has 4 heteroatoms. The van der Waals surface area contributed by atoms with E-state index in [1.54, 1.807) is 12.4 Å². The molecule has 1 heterocycles. The zero-order valence-corrected chi connectivity index (χ0v) is 12.4. The van der Waals surface area contributed by atoms with Gasteiger partial charge >= 0.3 is 0 Å². The van der Waals surface area contributed by atoms with E-state index in [-0.39, 0.29) is 6.04 Å². The second-order valence-electron chi connectivity index (χ2n) is 4.52. The number of benzene rings is 1. The third-order valence-electron chi connectivity index (χ3n) is 2.98. The number of hydrogen-bond acceptors (Lipinski definition) is 2. The minimum Gasteiger partial charge on any atom is -0.363 e. The summed E-state index contributed by atoms with van der Waals surface area (Å²) in [5.74, 6) is 0. The van der Waals surface area contributed by atoms with Crippen LogP contribution in [-0.2, 0) is 0 Å². The normalized spacial score (nSPS) is 11.7. The SMILES string of the molecule is CCCNC(=S)N[C@H](c1ccccc1)c1ccncc1. The van der Waals surface area contributed by atoms with Gasteiger partial charge in [-0.05, 0) is 41.9 Å². The van der Waals surface area contributed by atoms with Crippen molar-refractivity contribution in [1.29, 1.82) is 0 Å². The van der Waals surface area contributed by atoms with Gasteiger partial charge in [0, 0.05) is 18.9 Å². The second kappa shape index (κ2) is 7.60. The van der Waals surface area contributed by atoms with Gasteiger partial charge < -0.3 is 10.6 Å². The summed E-state index contributed by atoms with van der Waals surface area (Å²) in [6.45, 7) is 3.00. The molecule has 0 aliphatic rings. The van der Waals surface area contributed by atoms with Gasteiger partial charge in [0.25, 0.3) is 0 Å². The molecule has 0 amide bonds. The van der Waals surface area contributed by atoms with E-state index in [4.69, 9.17) is 12.2 Å². The van der Waals surface area contributed by atoms with E-state index in [0.29, 0.717) is 5.11 Å². The number of hydrogen-bond donors (Lipinski definition) is 2. The Morgan fingerprint density at radius 3 is 2.40 bits per heavy atom. The van der Waals surface area contributed by atoms with Crippen LogP contribution in [0.4, 0.5) is 0 Å². The first-order valence-corrected chi connectivity index (χ1v) is 7.21. The summed E-state index contributed by atoms with van der Waals surface area (Å²) in [5.41, 5.74) is 2.33. The van der Waals surface area contributed by atoms with Crippen LogP contribution in [0.1, 0.15) is 30.5 Å². The Balaban J connectivity index is 2.19. The Hall–Kier alpha value is -1.94. The van der Waals surface area contributed by atoms with E-state index < -0.39 is 0 Å². The van der Waals surface area contributed by atoms with Gasteiger partial charge in [-0.15, -0.1) is 0 Å². The highest BCUT2D eigenvalue weighted by atomic mass is 32.1. The minimum absolute atomic E-state index is 0.0380. The molecule has 3 nitrogen and oxygen atoms in total. The van der Waals surface area contributed by atoms with Gasteiger partial charge in [0.05, 0.1) is 6.04 Å². The van der Waals surface area contributed by atoms with Crippen LogP contribution in [0.25, 0.3) is 0 Å². The zero-order valence-electron chi connectivity index (χ0n) is 11.5. The van der Waals surface area contributed by atoms with Gasteiger partial charge in [-0.3, -0.25) is 4.98 Å². The molecule has 104 valence electrons. The van der Waals surface area contributed by atoms with E-state index in [1.807, 2.05) is 30.3 Å². The van der Waals surface area contributed by atoms with Gasteiger partial charge in [-0.25, -0.2) is 0 Å². The maximum Gasteiger partial charge on any atom is 0.167 e. The lowest BCUT2D eigenvalue weighted by Gasteiger charge is -2.21. The summed E-state index contributed by atoms with van der Waals surface area (Å²) in [7, 11) is 0. The number of rotatable bonds is 5. The fraction of sp³-hybridized carbons (Fsp3) is 0.250. The van der Waals surface area contributed by atoms with Crippen LogP contribution in [0.15, 0.2) is 54.9 Å². The van der Waals surface area contributed by atoms with Crippen LogP contribution < -0.4 is 10.6 Å². The number of pyridine rings is 1. The Bertz CT molecular complexity index is 488. The van der Waals surface area contributed by atoms with Crippen molar-refractivity contribution >= 4 is 17.3 Å². The Labute approximate surface area is 125 Å². The predicted molar refractivity (Wildman–Crippen MR) is 86.5 cm³/mol. The average molecular weight is 285 g/mol. The third-order valence-corrected chi connectivity index (χ3v) is 3.25. The highest BCUT2D eigenvalue weighted by molar-refractivity contribution is 7.80. The van der Waals surface area contributed by atoms with Crippen LogP contribution in [0, 0.1) is 0 Å². The molecule has 0 bridgehead atoms. The lowest BCUT2D eigenvalue weighted by molar-refractivity contribution is 0.728. The van der Waals surface area contributed by atoms with Gasteiger partial charge in [0.15, 0.2) is 5.11 Å². The molecule has 0 aliphatic heterocycles. The average Bonchev–Trinajstić information content (AvgIpc) is 2.52. The Morgan fingerprint density at radius 1 is 1.10 bits per heavy atom. The van der Waals surface area contributed by atoms with E-state index >= 15 is 0 Å². The van der Waals surface area contributed by atoms with E-state index in [0.717, 1.165) is 18.5 Å². The van der Waals surface area contributed by atoms with E-state index in [9.17, 15) is 0 Å². The molecule has 0 saturated carbocycles. The quantitative estimate of drug-likeness (QED) is 0.828. The summed E-state index contributed by atoms with van der Waals surface area (Å²) < 4.78 is 0. The predicted octanol–water partition coefficient (Wildman–Crippen LogP) is 3.05.